The first-order valence-corrected chi connectivity index (χ1v) is 13.4. The van der Waals surface area contributed by atoms with Gasteiger partial charge in [0.1, 0.15) is 11.5 Å². The molecule has 2 saturated heterocycles. The molecule has 8 nitrogen and oxygen atoms in total. The highest BCUT2D eigenvalue weighted by Gasteiger charge is 2.30. The molecule has 3 heterocycles. The molecule has 10 heteroatoms. The quantitative estimate of drug-likeness (QED) is 0.486. The van der Waals surface area contributed by atoms with Crippen LogP contribution in [0.25, 0.3) is 11.4 Å². The minimum atomic E-state index is -1.09. The molecular formula is C28H39F2N5O3. The molecular weight excluding hydrogens is 492 g/mol. The van der Waals surface area contributed by atoms with E-state index in [0.29, 0.717) is 62.1 Å². The van der Waals surface area contributed by atoms with Crippen LogP contribution in [0.4, 0.5) is 8.78 Å². The highest BCUT2D eigenvalue weighted by molar-refractivity contribution is 5.95. The number of carbonyl (C=O) groups excluding carboxylic acids is 2. The van der Waals surface area contributed by atoms with Crippen molar-refractivity contribution in [3.63, 3.8) is 0 Å². The smallest absolute Gasteiger partial charge is 0.256 e. The van der Waals surface area contributed by atoms with Crippen LogP contribution in [0.15, 0.2) is 30.6 Å². The Balaban J connectivity index is 0.00000127. The van der Waals surface area contributed by atoms with Gasteiger partial charge in [-0.3, -0.25) is 9.59 Å². The Labute approximate surface area is 223 Å². The van der Waals surface area contributed by atoms with E-state index in [1.807, 2.05) is 13.8 Å². The lowest BCUT2D eigenvalue weighted by atomic mass is 9.94. The summed E-state index contributed by atoms with van der Waals surface area (Å²) in [5, 5.41) is 0. The fourth-order valence-electron chi connectivity index (χ4n) is 4.86. The summed E-state index contributed by atoms with van der Waals surface area (Å²) >= 11 is 0. The van der Waals surface area contributed by atoms with Crippen molar-refractivity contribution in [3.8, 4) is 17.1 Å². The van der Waals surface area contributed by atoms with Gasteiger partial charge in [0, 0.05) is 25.2 Å². The molecule has 208 valence electrons. The van der Waals surface area contributed by atoms with Crippen LogP contribution in [-0.4, -0.2) is 77.1 Å². The van der Waals surface area contributed by atoms with E-state index >= 15 is 0 Å². The molecule has 2 aliphatic rings. The van der Waals surface area contributed by atoms with Crippen LogP contribution in [0.3, 0.4) is 0 Å². The average molecular weight is 532 g/mol. The number of piperidine rings is 1. The van der Waals surface area contributed by atoms with Gasteiger partial charge >= 0.3 is 0 Å². The molecule has 0 unspecified atom stereocenters. The van der Waals surface area contributed by atoms with E-state index in [1.165, 1.54) is 12.1 Å². The number of ether oxygens (including phenoxy) is 1. The molecule has 38 heavy (non-hydrogen) atoms. The van der Waals surface area contributed by atoms with Gasteiger partial charge in [0.25, 0.3) is 5.91 Å². The van der Waals surface area contributed by atoms with Crippen molar-refractivity contribution < 1.29 is 23.1 Å². The maximum absolute atomic E-state index is 14.7. The summed E-state index contributed by atoms with van der Waals surface area (Å²) in [5.74, 6) is 0.542. The summed E-state index contributed by atoms with van der Waals surface area (Å²) in [4.78, 5) is 33.6. The van der Waals surface area contributed by atoms with E-state index < -0.39 is 11.5 Å². The number of nitrogens with zero attached hydrogens (tertiary/aromatic N) is 4. The molecule has 2 amide bonds. The van der Waals surface area contributed by atoms with Gasteiger partial charge in [-0.1, -0.05) is 19.9 Å². The second-order valence-electron chi connectivity index (χ2n) is 9.96. The molecule has 0 radical (unpaired) electrons. The summed E-state index contributed by atoms with van der Waals surface area (Å²) in [6.45, 7) is 8.05. The van der Waals surface area contributed by atoms with E-state index in [1.54, 1.807) is 23.4 Å². The third-order valence-electron chi connectivity index (χ3n) is 7.45. The van der Waals surface area contributed by atoms with Crippen LogP contribution in [-0.2, 0) is 4.79 Å². The summed E-state index contributed by atoms with van der Waals surface area (Å²) < 4.78 is 35.2. The molecule has 1 aromatic heterocycles. The molecule has 1 aromatic carbocycles. The Morgan fingerprint density at radius 3 is 2.29 bits per heavy atom. The van der Waals surface area contributed by atoms with Crippen molar-refractivity contribution in [2.45, 2.75) is 58.0 Å². The third kappa shape index (κ3) is 7.93. The SMILES string of the molecule is CCC(F)(CC)CN1CCC(COc2cnc(-c3ccc(C(=O)N4CCCC4)c(F)c3)nc2)CC1.NC=O. The predicted molar refractivity (Wildman–Crippen MR) is 142 cm³/mol. The summed E-state index contributed by atoms with van der Waals surface area (Å²) in [7, 11) is 0. The Bertz CT molecular complexity index is 1040. The highest BCUT2D eigenvalue weighted by Crippen LogP contribution is 2.26. The lowest BCUT2D eigenvalue weighted by Crippen LogP contribution is -2.44. The molecule has 2 N–H and O–H groups in total. The van der Waals surface area contributed by atoms with Crippen molar-refractivity contribution in [2.24, 2.45) is 11.7 Å². The second-order valence-corrected chi connectivity index (χ2v) is 9.96. The number of alkyl halides is 1. The number of halogens is 2. The van der Waals surface area contributed by atoms with E-state index in [0.717, 1.165) is 38.8 Å². The number of carbonyl (C=O) groups is 2. The molecule has 4 rings (SSSR count). The summed E-state index contributed by atoms with van der Waals surface area (Å²) in [5.41, 5.74) is 3.68. The number of amides is 2. The molecule has 0 spiro atoms. The van der Waals surface area contributed by atoms with Gasteiger partial charge in [-0.2, -0.15) is 0 Å². The van der Waals surface area contributed by atoms with Gasteiger partial charge in [0.05, 0.1) is 24.6 Å². The molecule has 2 fully saturated rings. The van der Waals surface area contributed by atoms with Crippen LogP contribution in [0.1, 0.15) is 62.7 Å². The number of aromatic nitrogens is 2. The minimum Gasteiger partial charge on any atom is -0.490 e. The van der Waals surface area contributed by atoms with Gasteiger partial charge in [-0.25, -0.2) is 18.7 Å². The van der Waals surface area contributed by atoms with Crippen molar-refractivity contribution in [2.75, 3.05) is 39.3 Å². The first-order chi connectivity index (χ1) is 18.3. The molecule has 0 bridgehead atoms. The lowest BCUT2D eigenvalue weighted by Gasteiger charge is -2.36. The number of likely N-dealkylation sites (tertiary alicyclic amines) is 2. The van der Waals surface area contributed by atoms with Gasteiger partial charge < -0.3 is 20.3 Å². The first kappa shape index (κ1) is 29.4. The molecule has 2 aliphatic heterocycles. The molecule has 0 aliphatic carbocycles. The Morgan fingerprint density at radius 2 is 1.74 bits per heavy atom. The normalized spacial score (nSPS) is 16.6. The van der Waals surface area contributed by atoms with Gasteiger partial charge in [-0.05, 0) is 69.7 Å². The molecule has 0 saturated carbocycles. The van der Waals surface area contributed by atoms with E-state index in [2.05, 4.69) is 20.6 Å². The number of hydrogen-bond acceptors (Lipinski definition) is 6. The van der Waals surface area contributed by atoms with Crippen molar-refractivity contribution in [3.05, 3.63) is 42.0 Å². The van der Waals surface area contributed by atoms with Crippen LogP contribution >= 0.6 is 0 Å². The van der Waals surface area contributed by atoms with Crippen molar-refractivity contribution >= 4 is 12.3 Å². The molecule has 2 aromatic rings. The Kier molecular flexibility index (Phi) is 10.9. The Morgan fingerprint density at radius 1 is 1.13 bits per heavy atom. The maximum Gasteiger partial charge on any atom is 0.256 e. The van der Waals surface area contributed by atoms with Crippen LogP contribution in [0.2, 0.25) is 0 Å². The Hall–Kier alpha value is -3.14. The second kappa shape index (κ2) is 14.1. The highest BCUT2D eigenvalue weighted by atomic mass is 19.1. The zero-order chi connectivity index (χ0) is 27.5. The standard InChI is InChI=1S/C27H36F2N4O2.CH3NO/c1-3-27(29,4-2)19-32-13-9-20(10-14-32)18-35-22-16-30-25(31-17-22)21-7-8-23(24(28)15-21)26(34)33-11-5-6-12-33;2-1-3/h7-8,15-17,20H,3-6,9-14,18-19H2,1-2H3;1H,(H2,2,3). The monoisotopic (exact) mass is 531 g/mol. The van der Waals surface area contributed by atoms with Gasteiger partial charge in [0.2, 0.25) is 6.41 Å². The van der Waals surface area contributed by atoms with Crippen molar-refractivity contribution in [1.82, 2.24) is 19.8 Å². The van der Waals surface area contributed by atoms with E-state index in [4.69, 9.17) is 9.53 Å². The maximum atomic E-state index is 14.7. The molecule has 0 atom stereocenters. The lowest BCUT2D eigenvalue weighted by molar-refractivity contribution is -0.106. The van der Waals surface area contributed by atoms with E-state index in [-0.39, 0.29) is 17.9 Å². The number of hydrogen-bond donors (Lipinski definition) is 1. The topological polar surface area (TPSA) is 102 Å². The number of primary amides is 1. The van der Waals surface area contributed by atoms with Crippen LogP contribution < -0.4 is 10.5 Å². The van der Waals surface area contributed by atoms with Gasteiger partial charge in [-0.15, -0.1) is 0 Å². The third-order valence-corrected chi connectivity index (χ3v) is 7.45. The minimum absolute atomic E-state index is 0.0863. The number of nitrogens with two attached hydrogens (primary N) is 1. The van der Waals surface area contributed by atoms with Crippen LogP contribution in [0.5, 0.6) is 5.75 Å². The zero-order valence-corrected chi connectivity index (χ0v) is 22.4. The fraction of sp³-hybridized carbons (Fsp3) is 0.571. The number of benzene rings is 1. The van der Waals surface area contributed by atoms with Crippen molar-refractivity contribution in [1.29, 1.82) is 0 Å². The summed E-state index contributed by atoms with van der Waals surface area (Å²) in [6, 6.07) is 4.51. The zero-order valence-electron chi connectivity index (χ0n) is 22.4. The largest absolute Gasteiger partial charge is 0.490 e. The van der Waals surface area contributed by atoms with Crippen LogP contribution in [0, 0.1) is 11.7 Å². The fourth-order valence-corrected chi connectivity index (χ4v) is 4.86. The first-order valence-electron chi connectivity index (χ1n) is 13.4. The van der Waals surface area contributed by atoms with E-state index in [9.17, 15) is 13.6 Å². The summed E-state index contributed by atoms with van der Waals surface area (Å²) in [6.07, 6.45) is 8.42. The van der Waals surface area contributed by atoms with Gasteiger partial charge in [0.15, 0.2) is 11.6 Å². The predicted octanol–water partition coefficient (Wildman–Crippen LogP) is 4.24. The average Bonchev–Trinajstić information content (AvgIpc) is 3.48. The number of rotatable bonds is 9.